The predicted octanol–water partition coefficient (Wildman–Crippen LogP) is 2.37. The van der Waals surface area contributed by atoms with Crippen LogP contribution in [0.5, 0.6) is 5.75 Å². The second kappa shape index (κ2) is 6.38. The van der Waals surface area contributed by atoms with Crippen LogP contribution in [0.3, 0.4) is 0 Å². The van der Waals surface area contributed by atoms with Gasteiger partial charge in [-0.25, -0.2) is 9.37 Å². The Hall–Kier alpha value is -3.33. The highest BCUT2D eigenvalue weighted by Crippen LogP contribution is 2.45. The largest absolute Gasteiger partial charge is 0.487 e. The van der Waals surface area contributed by atoms with Gasteiger partial charge in [-0.05, 0) is 11.6 Å². The molecule has 0 spiro atoms. The molecule has 3 aromatic rings. The molecule has 0 bridgehead atoms. The van der Waals surface area contributed by atoms with Crippen LogP contribution < -0.4 is 26.7 Å². The van der Waals surface area contributed by atoms with Gasteiger partial charge < -0.3 is 31.5 Å². The van der Waals surface area contributed by atoms with Gasteiger partial charge in [-0.3, -0.25) is 4.79 Å². The molecule has 1 aliphatic rings. The van der Waals surface area contributed by atoms with Gasteiger partial charge >= 0.3 is 0 Å². The van der Waals surface area contributed by atoms with E-state index in [4.69, 9.17) is 33.2 Å². The van der Waals surface area contributed by atoms with E-state index >= 15 is 0 Å². The Bertz CT molecular complexity index is 1210. The molecule has 0 aliphatic carbocycles. The van der Waals surface area contributed by atoms with Crippen LogP contribution in [-0.4, -0.2) is 36.4 Å². The molecule has 0 saturated heterocycles. The summed E-state index contributed by atoms with van der Waals surface area (Å²) in [6.45, 7) is 0.995. The van der Waals surface area contributed by atoms with E-state index in [2.05, 4.69) is 9.97 Å². The molecular formula is C18H16ClFN6O2. The zero-order valence-electron chi connectivity index (χ0n) is 14.8. The third-order valence-corrected chi connectivity index (χ3v) is 5.05. The summed E-state index contributed by atoms with van der Waals surface area (Å²) >= 11 is 6.34. The summed E-state index contributed by atoms with van der Waals surface area (Å²) in [7, 11) is 1.84. The second-order valence-corrected chi connectivity index (χ2v) is 6.74. The van der Waals surface area contributed by atoms with Gasteiger partial charge in [0.05, 0.1) is 23.1 Å². The number of pyridine rings is 2. The fourth-order valence-corrected chi connectivity index (χ4v) is 3.58. The van der Waals surface area contributed by atoms with Gasteiger partial charge in [-0.1, -0.05) is 17.7 Å². The lowest BCUT2D eigenvalue weighted by molar-refractivity contribution is 0.313. The van der Waals surface area contributed by atoms with Crippen molar-refractivity contribution in [2.24, 2.45) is 0 Å². The Labute approximate surface area is 163 Å². The lowest BCUT2D eigenvalue weighted by Gasteiger charge is -2.28. The van der Waals surface area contributed by atoms with Crippen LogP contribution in [0.15, 0.2) is 16.9 Å². The Morgan fingerprint density at radius 3 is 2.86 bits per heavy atom. The van der Waals surface area contributed by atoms with Crippen LogP contribution in [0.2, 0.25) is 5.15 Å². The van der Waals surface area contributed by atoms with Crippen LogP contribution in [0.1, 0.15) is 5.56 Å². The minimum atomic E-state index is -0.673. The van der Waals surface area contributed by atoms with Crippen LogP contribution in [0.4, 0.5) is 21.6 Å². The van der Waals surface area contributed by atoms with E-state index in [-0.39, 0.29) is 33.2 Å². The van der Waals surface area contributed by atoms with Gasteiger partial charge in [0.1, 0.15) is 18.1 Å². The molecule has 0 unspecified atom stereocenters. The van der Waals surface area contributed by atoms with Gasteiger partial charge in [0.15, 0.2) is 16.7 Å². The minimum Gasteiger partial charge on any atom is -0.487 e. The van der Waals surface area contributed by atoms with Crippen LogP contribution in [-0.2, 0) is 0 Å². The maximum atomic E-state index is 14.0. The molecule has 3 heterocycles. The van der Waals surface area contributed by atoms with E-state index in [0.717, 1.165) is 12.3 Å². The highest BCUT2D eigenvalue weighted by atomic mass is 35.5. The lowest BCUT2D eigenvalue weighted by atomic mass is 9.94. The summed E-state index contributed by atoms with van der Waals surface area (Å²) in [5, 5.41) is 8.18. The summed E-state index contributed by atoms with van der Waals surface area (Å²) in [6.07, 6.45) is 0.919. The van der Waals surface area contributed by atoms with Crippen LogP contribution in [0.25, 0.3) is 22.0 Å². The summed E-state index contributed by atoms with van der Waals surface area (Å²) in [4.78, 5) is 21.3. The highest BCUT2D eigenvalue weighted by Gasteiger charge is 2.27. The number of H-pyrrole nitrogens is 1. The van der Waals surface area contributed by atoms with Crippen molar-refractivity contribution in [2.75, 3.05) is 36.6 Å². The first-order valence-electron chi connectivity index (χ1n) is 8.32. The van der Waals surface area contributed by atoms with Crippen molar-refractivity contribution < 1.29 is 9.13 Å². The Kier molecular flexibility index (Phi) is 4.11. The molecule has 28 heavy (non-hydrogen) atoms. The standard InChI is InChI=1S/C18H16ClFN6O2/c1-26-4-5-28-15-11-10(7-2-3-9(20)12(22)8(7)6-21)13(23)18(27)24-14(11)16(19)25-17(15)26/h2-3,6,21H,4-5,22-23H2,1H3,(H,24,27). The Balaban J connectivity index is 2.24. The quantitative estimate of drug-likeness (QED) is 0.295. The van der Waals surface area contributed by atoms with Gasteiger partial charge in [-0.15, -0.1) is 0 Å². The monoisotopic (exact) mass is 402 g/mol. The zero-order valence-corrected chi connectivity index (χ0v) is 15.5. The van der Waals surface area contributed by atoms with Crippen molar-refractivity contribution in [2.45, 2.75) is 0 Å². The van der Waals surface area contributed by atoms with Crippen LogP contribution >= 0.6 is 11.6 Å². The normalized spacial score (nSPS) is 13.3. The van der Waals surface area contributed by atoms with Crippen LogP contribution in [0, 0.1) is 11.2 Å². The number of hydrogen-bond donors (Lipinski definition) is 4. The molecule has 1 aliphatic heterocycles. The fraction of sp³-hybridized carbons (Fsp3) is 0.167. The third kappa shape index (κ3) is 2.47. The molecule has 0 radical (unpaired) electrons. The zero-order chi connectivity index (χ0) is 20.2. The van der Waals surface area contributed by atoms with Crippen molar-refractivity contribution >= 4 is 45.9 Å². The summed E-state index contributed by atoms with van der Waals surface area (Å²) in [6, 6.07) is 2.58. The summed E-state index contributed by atoms with van der Waals surface area (Å²) in [5.41, 5.74) is 11.9. The highest BCUT2D eigenvalue weighted by molar-refractivity contribution is 6.35. The molecule has 0 atom stereocenters. The number of ether oxygens (including phenoxy) is 1. The van der Waals surface area contributed by atoms with E-state index in [1.165, 1.54) is 6.07 Å². The van der Waals surface area contributed by atoms with Gasteiger partial charge in [0.25, 0.3) is 5.56 Å². The minimum absolute atomic E-state index is 0.0657. The van der Waals surface area contributed by atoms with E-state index < -0.39 is 11.4 Å². The van der Waals surface area contributed by atoms with Gasteiger partial charge in [-0.2, -0.15) is 0 Å². The Morgan fingerprint density at radius 1 is 1.39 bits per heavy atom. The van der Waals surface area contributed by atoms with Crippen molar-refractivity contribution in [3.8, 4) is 16.9 Å². The molecule has 2 aromatic heterocycles. The second-order valence-electron chi connectivity index (χ2n) is 6.38. The predicted molar refractivity (Wildman–Crippen MR) is 108 cm³/mol. The van der Waals surface area contributed by atoms with Crippen molar-refractivity contribution in [1.29, 1.82) is 5.41 Å². The number of likely N-dealkylation sites (N-methyl/N-ethyl adjacent to an activating group) is 1. The summed E-state index contributed by atoms with van der Waals surface area (Å²) in [5.74, 6) is 0.209. The summed E-state index contributed by atoms with van der Waals surface area (Å²) < 4.78 is 19.8. The van der Waals surface area contributed by atoms with Crippen molar-refractivity contribution in [3.05, 3.63) is 39.0 Å². The topological polar surface area (TPSA) is 134 Å². The molecule has 0 amide bonds. The maximum absolute atomic E-state index is 14.0. The van der Waals surface area contributed by atoms with Crippen molar-refractivity contribution in [1.82, 2.24) is 9.97 Å². The molecule has 8 nitrogen and oxygen atoms in total. The SMILES string of the molecule is CN1CCOc2c1nc(Cl)c1[nH]c(=O)c(N)c(-c3ccc(F)c(N)c3C=N)c21. The number of nitrogen functional groups attached to an aromatic ring is 2. The number of hydrogen-bond acceptors (Lipinski definition) is 7. The number of nitrogens with one attached hydrogen (secondary N) is 2. The first-order valence-corrected chi connectivity index (χ1v) is 8.70. The molecule has 4 rings (SSSR count). The van der Waals surface area contributed by atoms with Gasteiger partial charge in [0, 0.05) is 24.4 Å². The number of fused-ring (bicyclic) bond motifs is 3. The number of nitrogens with zero attached hydrogens (tertiary/aromatic N) is 2. The number of nitrogens with two attached hydrogens (primary N) is 2. The lowest BCUT2D eigenvalue weighted by Crippen LogP contribution is -2.30. The third-order valence-electron chi connectivity index (χ3n) is 4.78. The number of benzene rings is 1. The number of aromatic nitrogens is 2. The average Bonchev–Trinajstić information content (AvgIpc) is 2.67. The first kappa shape index (κ1) is 18.1. The van der Waals surface area contributed by atoms with E-state index in [1.54, 1.807) is 0 Å². The van der Waals surface area contributed by atoms with E-state index in [9.17, 15) is 9.18 Å². The van der Waals surface area contributed by atoms with Crippen molar-refractivity contribution in [3.63, 3.8) is 0 Å². The average molecular weight is 403 g/mol. The van der Waals surface area contributed by atoms with E-state index in [0.29, 0.717) is 35.7 Å². The molecule has 144 valence electrons. The number of aromatic amines is 1. The number of halogens is 2. The number of rotatable bonds is 2. The molecule has 10 heteroatoms. The molecule has 6 N–H and O–H groups in total. The molecule has 1 aromatic carbocycles. The fourth-order valence-electron chi connectivity index (χ4n) is 3.36. The first-order chi connectivity index (χ1) is 13.3. The molecule has 0 fully saturated rings. The number of anilines is 3. The molecule has 0 saturated carbocycles. The van der Waals surface area contributed by atoms with Gasteiger partial charge in [0.2, 0.25) is 0 Å². The smallest absolute Gasteiger partial charge is 0.272 e. The van der Waals surface area contributed by atoms with E-state index in [1.807, 2.05) is 11.9 Å². The Morgan fingerprint density at radius 2 is 2.14 bits per heavy atom. The maximum Gasteiger partial charge on any atom is 0.272 e. The molecular weight excluding hydrogens is 387 g/mol.